The molecular weight excluding hydrogens is 245 g/mol. The Hall–Kier alpha value is -0.0800. The molecule has 1 heterocycles. The van der Waals surface area contributed by atoms with Crippen molar-refractivity contribution < 1.29 is 0 Å². The van der Waals surface area contributed by atoms with Gasteiger partial charge in [-0.15, -0.1) is 0 Å². The molecule has 0 aliphatic carbocycles. The minimum absolute atomic E-state index is 0.905. The number of hydrogen-bond acceptors (Lipinski definition) is 2. The van der Waals surface area contributed by atoms with Crippen molar-refractivity contribution in [2.75, 3.05) is 0 Å². The summed E-state index contributed by atoms with van der Waals surface area (Å²) in [6.45, 7) is 1.81. The van der Waals surface area contributed by atoms with E-state index in [1.807, 2.05) is 13.1 Å². The van der Waals surface area contributed by atoms with Crippen LogP contribution in [0.15, 0.2) is 6.20 Å². The number of hydrogen-bond donors (Lipinski definition) is 0. The maximum Gasteiger partial charge on any atom is 0.167 e. The van der Waals surface area contributed by atoms with E-state index in [2.05, 4.69) is 39.4 Å². The van der Waals surface area contributed by atoms with E-state index in [-0.39, 0.29) is 0 Å². The first-order valence-corrected chi connectivity index (χ1v) is 4.26. The molecule has 3 heteroatoms. The predicted octanol–water partition coefficient (Wildman–Crippen LogP) is 2.12. The Morgan fingerprint density at radius 2 is 2.56 bits per heavy atom. The van der Waals surface area contributed by atoms with E-state index in [9.17, 15) is 0 Å². The quantitative estimate of drug-likeness (QED) is 0.507. The summed E-state index contributed by atoms with van der Waals surface area (Å²) in [6.07, 6.45) is 1.82. The van der Waals surface area contributed by atoms with Crippen molar-refractivity contribution in [2.24, 2.45) is 0 Å². The van der Waals surface area contributed by atoms with Gasteiger partial charge in [-0.1, -0.05) is 17.3 Å². The lowest BCUT2D eigenvalue weighted by Crippen LogP contribution is -1.63. The fourth-order valence-corrected chi connectivity index (χ4v) is 1.73. The molecule has 0 bridgehead atoms. The molecule has 0 radical (unpaired) electrons. The van der Waals surface area contributed by atoms with Gasteiger partial charge in [0.15, 0.2) is 5.01 Å². The zero-order chi connectivity index (χ0) is 6.69. The second-order valence-corrected chi connectivity index (χ2v) is 4.27. The van der Waals surface area contributed by atoms with Crippen LogP contribution < -0.4 is 0 Å². The second kappa shape index (κ2) is 3.18. The van der Waals surface area contributed by atoms with Gasteiger partial charge in [-0.25, -0.2) is 4.98 Å². The van der Waals surface area contributed by atoms with Crippen molar-refractivity contribution in [3.05, 3.63) is 14.1 Å². The van der Waals surface area contributed by atoms with E-state index < -0.39 is 0 Å². The third-order valence-electron chi connectivity index (χ3n) is 0.709. The zero-order valence-electron chi connectivity index (χ0n) is 4.81. The van der Waals surface area contributed by atoms with Gasteiger partial charge in [0, 0.05) is 0 Å². The van der Waals surface area contributed by atoms with Crippen LogP contribution in [0.5, 0.6) is 0 Å². The van der Waals surface area contributed by atoms with Gasteiger partial charge in [-0.2, -0.15) is 0 Å². The largest absolute Gasteiger partial charge is 0.235 e. The van der Waals surface area contributed by atoms with Crippen molar-refractivity contribution in [3.8, 4) is 11.8 Å². The molecule has 0 saturated carbocycles. The molecule has 0 saturated heterocycles. The fourth-order valence-electron chi connectivity index (χ4n) is 0.419. The second-order valence-electron chi connectivity index (χ2n) is 1.34. The SMILES string of the molecule is CC#Cc1ncc(I)s1. The standard InChI is InChI=1S/C6H4INS/c1-2-3-6-8-4-5(7)9-6/h4H,1H3. The van der Waals surface area contributed by atoms with Crippen LogP contribution in [0.3, 0.4) is 0 Å². The van der Waals surface area contributed by atoms with Gasteiger partial charge in [0.25, 0.3) is 0 Å². The number of thiazole rings is 1. The Morgan fingerprint density at radius 3 is 3.00 bits per heavy atom. The molecule has 1 nitrogen and oxygen atoms in total. The first kappa shape index (κ1) is 7.03. The van der Waals surface area contributed by atoms with E-state index in [1.165, 1.54) is 2.88 Å². The summed E-state index contributed by atoms with van der Waals surface area (Å²) in [5.74, 6) is 5.67. The Bertz CT molecular complexity index is 256. The third kappa shape index (κ3) is 1.95. The average molecular weight is 249 g/mol. The van der Waals surface area contributed by atoms with Crippen molar-refractivity contribution >= 4 is 33.9 Å². The van der Waals surface area contributed by atoms with Gasteiger partial charge < -0.3 is 0 Å². The average Bonchev–Trinajstić information content (AvgIpc) is 2.17. The van der Waals surface area contributed by atoms with Crippen molar-refractivity contribution in [1.82, 2.24) is 4.98 Å². The molecular formula is C6H4INS. The van der Waals surface area contributed by atoms with Crippen LogP contribution in [0.1, 0.15) is 11.9 Å². The van der Waals surface area contributed by atoms with Crippen LogP contribution in [0, 0.1) is 14.7 Å². The molecule has 9 heavy (non-hydrogen) atoms. The van der Waals surface area contributed by atoms with Gasteiger partial charge >= 0.3 is 0 Å². The first-order chi connectivity index (χ1) is 4.33. The summed E-state index contributed by atoms with van der Waals surface area (Å²) in [7, 11) is 0. The molecule has 0 fully saturated rings. The van der Waals surface area contributed by atoms with Gasteiger partial charge in [-0.05, 0) is 35.4 Å². The summed E-state index contributed by atoms with van der Waals surface area (Å²) >= 11 is 3.84. The van der Waals surface area contributed by atoms with Crippen molar-refractivity contribution in [2.45, 2.75) is 6.92 Å². The minimum atomic E-state index is 0.905. The number of aromatic nitrogens is 1. The highest BCUT2D eigenvalue weighted by Crippen LogP contribution is 2.13. The smallest absolute Gasteiger partial charge is 0.167 e. The van der Waals surface area contributed by atoms with Crippen LogP contribution in [0.25, 0.3) is 0 Å². The molecule has 0 aliphatic rings. The van der Waals surface area contributed by atoms with Crippen LogP contribution in [0.2, 0.25) is 0 Å². The van der Waals surface area contributed by atoms with E-state index in [0.29, 0.717) is 0 Å². The summed E-state index contributed by atoms with van der Waals surface area (Å²) in [4.78, 5) is 4.04. The maximum atomic E-state index is 4.04. The molecule has 0 atom stereocenters. The Balaban J connectivity index is 2.93. The molecule has 1 aromatic heterocycles. The van der Waals surface area contributed by atoms with Crippen LogP contribution >= 0.6 is 33.9 Å². The molecule has 0 unspecified atom stereocenters. The Kier molecular flexibility index (Phi) is 2.49. The van der Waals surface area contributed by atoms with E-state index >= 15 is 0 Å². The Labute approximate surface area is 71.6 Å². The van der Waals surface area contributed by atoms with Gasteiger partial charge in [-0.3, -0.25) is 0 Å². The zero-order valence-corrected chi connectivity index (χ0v) is 7.78. The van der Waals surface area contributed by atoms with E-state index in [0.717, 1.165) is 5.01 Å². The van der Waals surface area contributed by atoms with Crippen LogP contribution in [-0.2, 0) is 0 Å². The number of nitrogens with zero attached hydrogens (tertiary/aromatic N) is 1. The highest BCUT2D eigenvalue weighted by Gasteiger charge is 1.91. The van der Waals surface area contributed by atoms with Crippen LogP contribution in [0.4, 0.5) is 0 Å². The molecule has 1 aromatic rings. The predicted molar refractivity (Wildman–Crippen MR) is 47.4 cm³/mol. The Morgan fingerprint density at radius 1 is 1.78 bits per heavy atom. The minimum Gasteiger partial charge on any atom is -0.235 e. The fraction of sp³-hybridized carbons (Fsp3) is 0.167. The number of halogens is 1. The number of rotatable bonds is 0. The van der Waals surface area contributed by atoms with Gasteiger partial charge in [0.1, 0.15) is 0 Å². The molecule has 0 aromatic carbocycles. The molecule has 1 rings (SSSR count). The van der Waals surface area contributed by atoms with Crippen molar-refractivity contribution in [3.63, 3.8) is 0 Å². The summed E-state index contributed by atoms with van der Waals surface area (Å²) < 4.78 is 1.19. The lowest BCUT2D eigenvalue weighted by atomic mass is 10.6. The lowest BCUT2D eigenvalue weighted by molar-refractivity contribution is 1.38. The molecule has 46 valence electrons. The molecule has 0 spiro atoms. The summed E-state index contributed by atoms with van der Waals surface area (Å²) in [6, 6.07) is 0. The van der Waals surface area contributed by atoms with E-state index in [1.54, 1.807) is 11.3 Å². The normalized spacial score (nSPS) is 8.22. The molecule has 0 aliphatic heterocycles. The molecule has 0 N–H and O–H groups in total. The van der Waals surface area contributed by atoms with Gasteiger partial charge in [0.05, 0.1) is 9.08 Å². The van der Waals surface area contributed by atoms with Crippen molar-refractivity contribution in [1.29, 1.82) is 0 Å². The molecule has 0 amide bonds. The lowest BCUT2D eigenvalue weighted by Gasteiger charge is -1.69. The summed E-state index contributed by atoms with van der Waals surface area (Å²) in [5, 5.41) is 0.905. The topological polar surface area (TPSA) is 12.9 Å². The van der Waals surface area contributed by atoms with Crippen LogP contribution in [-0.4, -0.2) is 4.98 Å². The van der Waals surface area contributed by atoms with E-state index in [4.69, 9.17) is 0 Å². The third-order valence-corrected chi connectivity index (χ3v) is 2.35. The van der Waals surface area contributed by atoms with Gasteiger partial charge in [0.2, 0.25) is 0 Å². The monoisotopic (exact) mass is 249 g/mol. The first-order valence-electron chi connectivity index (χ1n) is 2.37. The highest BCUT2D eigenvalue weighted by molar-refractivity contribution is 14.1. The highest BCUT2D eigenvalue weighted by atomic mass is 127. The maximum absolute atomic E-state index is 4.04. The summed E-state index contributed by atoms with van der Waals surface area (Å²) in [5.41, 5.74) is 0.